The van der Waals surface area contributed by atoms with Gasteiger partial charge in [-0.2, -0.15) is 0 Å². The quantitative estimate of drug-likeness (QED) is 0.327. The van der Waals surface area contributed by atoms with Crippen LogP contribution in [-0.2, 0) is 17.6 Å². The van der Waals surface area contributed by atoms with E-state index in [1.807, 2.05) is 30.3 Å². The lowest BCUT2D eigenvalue weighted by molar-refractivity contribution is -0.117. The zero-order valence-electron chi connectivity index (χ0n) is 17.7. The van der Waals surface area contributed by atoms with Crippen molar-refractivity contribution in [3.05, 3.63) is 63.8 Å². The molecule has 9 heteroatoms. The Labute approximate surface area is 193 Å². The van der Waals surface area contributed by atoms with E-state index >= 15 is 0 Å². The molecule has 0 bridgehead atoms. The minimum absolute atomic E-state index is 0.0472. The largest absolute Gasteiger partial charge is 0.334 e. The minimum Gasteiger partial charge on any atom is -0.334 e. The van der Waals surface area contributed by atoms with Crippen LogP contribution in [-0.4, -0.2) is 33.8 Å². The lowest BCUT2D eigenvalue weighted by atomic mass is 9.89. The van der Waals surface area contributed by atoms with E-state index in [1.54, 1.807) is 15.9 Å². The summed E-state index contributed by atoms with van der Waals surface area (Å²) in [5.41, 5.74) is 1.71. The number of hydrogen-bond acceptors (Lipinski definition) is 6. The Hall–Kier alpha value is -2.91. The van der Waals surface area contributed by atoms with E-state index in [1.165, 1.54) is 11.0 Å². The Balaban J connectivity index is 1.69. The van der Waals surface area contributed by atoms with Gasteiger partial charge in [-0.15, -0.1) is 17.9 Å². The fraction of sp³-hybridized carbons (Fsp3) is 0.304. The first kappa shape index (κ1) is 22.3. The maximum Gasteiger partial charge on any atom is 0.321 e. The molecule has 7 nitrogen and oxygen atoms in total. The number of hydrogen-bond donors (Lipinski definition) is 2. The van der Waals surface area contributed by atoms with Crippen molar-refractivity contribution in [1.29, 1.82) is 0 Å². The van der Waals surface area contributed by atoms with E-state index in [2.05, 4.69) is 24.1 Å². The molecule has 0 aliphatic heterocycles. The summed E-state index contributed by atoms with van der Waals surface area (Å²) >= 11 is 2.72. The Morgan fingerprint density at radius 1 is 1.34 bits per heavy atom. The average Bonchev–Trinajstić information content (AvgIpc) is 3.14. The highest BCUT2D eigenvalue weighted by molar-refractivity contribution is 7.99. The predicted molar refractivity (Wildman–Crippen MR) is 129 cm³/mol. The van der Waals surface area contributed by atoms with Crippen LogP contribution in [0.3, 0.4) is 0 Å². The van der Waals surface area contributed by atoms with Gasteiger partial charge in [-0.05, 0) is 42.9 Å². The first-order valence-corrected chi connectivity index (χ1v) is 12.2. The smallest absolute Gasteiger partial charge is 0.321 e. The number of nitrogens with zero attached hydrogens (tertiary/aromatic N) is 2. The number of benzene rings is 1. The van der Waals surface area contributed by atoms with E-state index in [4.69, 9.17) is 4.98 Å². The van der Waals surface area contributed by atoms with E-state index in [0.29, 0.717) is 27.0 Å². The third-order valence-electron chi connectivity index (χ3n) is 5.31. The number of imide groups is 1. The maximum absolute atomic E-state index is 13.6. The number of carbonyl (C=O) groups is 2. The van der Waals surface area contributed by atoms with Crippen molar-refractivity contribution >= 4 is 45.3 Å². The summed E-state index contributed by atoms with van der Waals surface area (Å²) in [7, 11) is 0. The summed E-state index contributed by atoms with van der Waals surface area (Å²) in [6.07, 6.45) is 4.44. The molecule has 4 rings (SSSR count). The molecule has 3 amide bonds. The van der Waals surface area contributed by atoms with E-state index in [0.717, 1.165) is 36.6 Å². The molecular formula is C23H24N4O3S2. The van der Waals surface area contributed by atoms with Crippen molar-refractivity contribution in [1.82, 2.24) is 20.2 Å². The topological polar surface area (TPSA) is 93.1 Å². The highest BCUT2D eigenvalue weighted by Crippen LogP contribution is 2.36. The molecular weight excluding hydrogens is 444 g/mol. The number of thiophene rings is 1. The van der Waals surface area contributed by atoms with Gasteiger partial charge in [-0.25, -0.2) is 9.78 Å². The highest BCUT2D eigenvalue weighted by atomic mass is 32.2. The first-order chi connectivity index (χ1) is 15.5. The van der Waals surface area contributed by atoms with Crippen LogP contribution in [0.5, 0.6) is 0 Å². The van der Waals surface area contributed by atoms with Crippen LogP contribution < -0.4 is 16.2 Å². The lowest BCUT2D eigenvalue weighted by Gasteiger charge is -2.17. The van der Waals surface area contributed by atoms with Gasteiger partial charge in [0, 0.05) is 11.4 Å². The first-order valence-electron chi connectivity index (χ1n) is 10.4. The molecule has 0 spiro atoms. The summed E-state index contributed by atoms with van der Waals surface area (Å²) < 4.78 is 1.57. The number of para-hydroxylation sites is 1. The summed E-state index contributed by atoms with van der Waals surface area (Å²) in [6.45, 7) is 6.01. The van der Waals surface area contributed by atoms with Gasteiger partial charge in [0.25, 0.3) is 5.56 Å². The number of amides is 3. The van der Waals surface area contributed by atoms with Crippen LogP contribution in [0.4, 0.5) is 4.79 Å². The summed E-state index contributed by atoms with van der Waals surface area (Å²) in [6, 6.07) is 8.73. The maximum atomic E-state index is 13.6. The van der Waals surface area contributed by atoms with Crippen molar-refractivity contribution in [3.8, 4) is 5.69 Å². The van der Waals surface area contributed by atoms with E-state index in [9.17, 15) is 14.4 Å². The lowest BCUT2D eigenvalue weighted by Crippen LogP contribution is -2.40. The molecule has 32 heavy (non-hydrogen) atoms. The molecule has 0 saturated heterocycles. The highest BCUT2D eigenvalue weighted by Gasteiger charge is 2.25. The summed E-state index contributed by atoms with van der Waals surface area (Å²) in [4.78, 5) is 44.4. The molecule has 1 aliphatic carbocycles. The number of urea groups is 1. The minimum atomic E-state index is -0.584. The molecule has 0 radical (unpaired) electrons. The van der Waals surface area contributed by atoms with Crippen LogP contribution in [0, 0.1) is 5.92 Å². The average molecular weight is 469 g/mol. The fourth-order valence-corrected chi connectivity index (χ4v) is 6.01. The van der Waals surface area contributed by atoms with Gasteiger partial charge in [0.15, 0.2) is 5.16 Å². The number of thioether (sulfide) groups is 1. The summed E-state index contributed by atoms with van der Waals surface area (Å²) in [5.74, 6) is 0.0792. The van der Waals surface area contributed by atoms with Crippen molar-refractivity contribution < 1.29 is 9.59 Å². The van der Waals surface area contributed by atoms with Crippen LogP contribution in [0.25, 0.3) is 15.9 Å². The third-order valence-corrected chi connectivity index (χ3v) is 7.39. The van der Waals surface area contributed by atoms with Crippen molar-refractivity contribution in [3.63, 3.8) is 0 Å². The molecule has 2 N–H and O–H groups in total. The molecule has 0 fully saturated rings. The van der Waals surface area contributed by atoms with Crippen molar-refractivity contribution in [2.75, 3.05) is 12.3 Å². The van der Waals surface area contributed by atoms with Gasteiger partial charge in [-0.1, -0.05) is 43.0 Å². The second-order valence-electron chi connectivity index (χ2n) is 7.74. The zero-order chi connectivity index (χ0) is 22.7. The second-order valence-corrected chi connectivity index (χ2v) is 9.76. The molecule has 2 aromatic heterocycles. The van der Waals surface area contributed by atoms with Gasteiger partial charge in [-0.3, -0.25) is 19.5 Å². The monoisotopic (exact) mass is 468 g/mol. The molecule has 1 unspecified atom stereocenters. The van der Waals surface area contributed by atoms with E-state index in [-0.39, 0.29) is 17.9 Å². The van der Waals surface area contributed by atoms with Crippen LogP contribution in [0.15, 0.2) is 52.9 Å². The van der Waals surface area contributed by atoms with Crippen molar-refractivity contribution in [2.24, 2.45) is 5.92 Å². The Morgan fingerprint density at radius 3 is 2.88 bits per heavy atom. The number of carbonyl (C=O) groups excluding carboxylic acids is 2. The van der Waals surface area contributed by atoms with Gasteiger partial charge in [0.1, 0.15) is 4.83 Å². The molecule has 166 valence electrons. The second kappa shape index (κ2) is 9.70. The predicted octanol–water partition coefficient (Wildman–Crippen LogP) is 3.68. The number of rotatable bonds is 6. The molecule has 2 heterocycles. The third kappa shape index (κ3) is 4.63. The van der Waals surface area contributed by atoms with Gasteiger partial charge < -0.3 is 5.32 Å². The van der Waals surface area contributed by atoms with Crippen LogP contribution in [0.1, 0.15) is 23.8 Å². The Kier molecular flexibility index (Phi) is 6.76. The molecule has 1 aromatic carbocycles. The standard InChI is InChI=1S/C23H24N4O3S2/c1-3-11-24-22(30)25-18(28)13-31-23-26-20-19(16-10-9-14(2)12-17(16)32-20)21(29)27(23)15-7-5-4-6-8-15/h3-8,14H,1,9-13H2,2H3,(H2,24,25,28,30). The number of aromatic nitrogens is 2. The Morgan fingerprint density at radius 2 is 2.12 bits per heavy atom. The van der Waals surface area contributed by atoms with Crippen LogP contribution in [0.2, 0.25) is 0 Å². The van der Waals surface area contributed by atoms with Crippen molar-refractivity contribution in [2.45, 2.75) is 31.3 Å². The van der Waals surface area contributed by atoms with Gasteiger partial charge in [0.2, 0.25) is 5.91 Å². The normalized spacial score (nSPS) is 15.2. The number of nitrogens with one attached hydrogen (secondary N) is 2. The van der Waals surface area contributed by atoms with E-state index < -0.39 is 11.9 Å². The van der Waals surface area contributed by atoms with Crippen LogP contribution >= 0.6 is 23.1 Å². The van der Waals surface area contributed by atoms with Gasteiger partial charge in [0.05, 0.1) is 16.8 Å². The zero-order valence-corrected chi connectivity index (χ0v) is 19.4. The SMILES string of the molecule is C=CCNC(=O)NC(=O)CSc1nc2sc3c(c2c(=O)n1-c1ccccc1)CCC(C)C3. The molecule has 0 saturated carbocycles. The summed E-state index contributed by atoms with van der Waals surface area (Å²) in [5, 5.41) is 5.89. The molecule has 1 atom stereocenters. The molecule has 1 aliphatic rings. The number of fused-ring (bicyclic) bond motifs is 3. The Bertz CT molecular complexity index is 1230. The number of aryl methyl sites for hydroxylation is 1. The fourth-order valence-electron chi connectivity index (χ4n) is 3.77. The van der Waals surface area contributed by atoms with Gasteiger partial charge >= 0.3 is 6.03 Å². The molecule has 3 aromatic rings.